The average Bonchev–Trinajstić information content (AvgIpc) is 3.62. The van der Waals surface area contributed by atoms with E-state index in [0.717, 1.165) is 16.8 Å². The molecule has 0 bridgehead atoms. The van der Waals surface area contributed by atoms with Crippen molar-refractivity contribution in [1.29, 1.82) is 0 Å². The van der Waals surface area contributed by atoms with Crippen LogP contribution in [0.4, 0.5) is 5.69 Å². The van der Waals surface area contributed by atoms with Crippen molar-refractivity contribution in [2.75, 3.05) is 4.90 Å². The number of hydrogen-bond donors (Lipinski definition) is 0. The standard InChI is InChI=1S/C31H19Cl2NO3S/c32-19-10-7-17(8-11-19)26-27(28(35)24-6-3-15-38-24)34-23-13-12-20(33)16-18(23)9-14-25(34)31(26)29(36)21-4-1-2-5-22(21)30(31)37/h1-16,25-27H/t25-,26+,27+/m1/s1. The maximum absolute atomic E-state index is 14.5. The van der Waals surface area contributed by atoms with Crippen molar-refractivity contribution in [3.63, 3.8) is 0 Å². The third-order valence-corrected chi connectivity index (χ3v) is 9.40. The Balaban J connectivity index is 1.56. The van der Waals surface area contributed by atoms with Gasteiger partial charge in [-0.2, -0.15) is 0 Å². The fourth-order valence-corrected chi connectivity index (χ4v) is 7.56. The predicted octanol–water partition coefficient (Wildman–Crippen LogP) is 7.37. The van der Waals surface area contributed by atoms with Crippen LogP contribution < -0.4 is 4.90 Å². The molecule has 186 valence electrons. The molecule has 1 aliphatic carbocycles. The third kappa shape index (κ3) is 3.07. The topological polar surface area (TPSA) is 54.5 Å². The van der Waals surface area contributed by atoms with E-state index >= 15 is 0 Å². The first kappa shape index (κ1) is 23.6. The SMILES string of the molecule is O=C(c1cccs1)[C@@H]1[C@H](c2ccc(Cl)cc2)C2(C(=O)c3ccccc3C2=O)[C@H]2C=Cc3cc(Cl)ccc3N12. The molecule has 1 spiro atoms. The summed E-state index contributed by atoms with van der Waals surface area (Å²) >= 11 is 13.9. The number of carbonyl (C=O) groups excluding carboxylic acids is 3. The van der Waals surface area contributed by atoms with E-state index in [2.05, 4.69) is 0 Å². The van der Waals surface area contributed by atoms with Gasteiger partial charge in [0.2, 0.25) is 0 Å². The van der Waals surface area contributed by atoms with Crippen molar-refractivity contribution in [3.8, 4) is 0 Å². The highest BCUT2D eigenvalue weighted by Crippen LogP contribution is 2.61. The monoisotopic (exact) mass is 555 g/mol. The first-order chi connectivity index (χ1) is 18.4. The van der Waals surface area contributed by atoms with Crippen molar-refractivity contribution < 1.29 is 14.4 Å². The Morgan fingerprint density at radius 1 is 0.842 bits per heavy atom. The number of carbonyl (C=O) groups is 3. The number of halogens is 2. The fraction of sp³-hybridized carbons (Fsp3) is 0.129. The van der Waals surface area contributed by atoms with E-state index < -0.39 is 23.4 Å². The molecular weight excluding hydrogens is 537 g/mol. The van der Waals surface area contributed by atoms with Crippen LogP contribution in [0.5, 0.6) is 0 Å². The van der Waals surface area contributed by atoms with Crippen molar-refractivity contribution in [1.82, 2.24) is 0 Å². The molecule has 0 unspecified atom stereocenters. The van der Waals surface area contributed by atoms with Crippen molar-refractivity contribution in [3.05, 3.63) is 127 Å². The molecule has 4 nitrogen and oxygen atoms in total. The van der Waals surface area contributed by atoms with Gasteiger partial charge in [0.25, 0.3) is 0 Å². The summed E-state index contributed by atoms with van der Waals surface area (Å²) in [5.74, 6) is -1.39. The van der Waals surface area contributed by atoms with Gasteiger partial charge >= 0.3 is 0 Å². The van der Waals surface area contributed by atoms with E-state index in [-0.39, 0.29) is 17.3 Å². The lowest BCUT2D eigenvalue weighted by molar-refractivity contribution is 0.0666. The number of fused-ring (bicyclic) bond motifs is 5. The second-order valence-electron chi connectivity index (χ2n) is 9.80. The molecule has 1 aromatic heterocycles. The maximum Gasteiger partial charge on any atom is 0.195 e. The Morgan fingerprint density at radius 3 is 2.18 bits per heavy atom. The zero-order valence-corrected chi connectivity index (χ0v) is 22.1. The van der Waals surface area contributed by atoms with Crippen molar-refractivity contribution >= 4 is 63.7 Å². The lowest BCUT2D eigenvalue weighted by Gasteiger charge is -2.37. The fourth-order valence-electron chi connectivity index (χ4n) is 6.56. The van der Waals surface area contributed by atoms with Crippen LogP contribution in [-0.4, -0.2) is 29.4 Å². The van der Waals surface area contributed by atoms with Crippen LogP contribution in [0, 0.1) is 5.41 Å². The summed E-state index contributed by atoms with van der Waals surface area (Å²) in [6.45, 7) is 0. The van der Waals surface area contributed by atoms with Crippen LogP contribution >= 0.6 is 34.5 Å². The van der Waals surface area contributed by atoms with Gasteiger partial charge in [0.15, 0.2) is 17.3 Å². The van der Waals surface area contributed by atoms with Gasteiger partial charge in [-0.3, -0.25) is 14.4 Å². The van der Waals surface area contributed by atoms with Gasteiger partial charge in [0.1, 0.15) is 11.5 Å². The van der Waals surface area contributed by atoms with Crippen molar-refractivity contribution in [2.24, 2.45) is 5.41 Å². The number of nitrogens with zero attached hydrogens (tertiary/aromatic N) is 1. The number of ketones is 3. The smallest absolute Gasteiger partial charge is 0.195 e. The molecule has 38 heavy (non-hydrogen) atoms. The first-order valence-electron chi connectivity index (χ1n) is 12.2. The summed E-state index contributed by atoms with van der Waals surface area (Å²) < 4.78 is 0. The largest absolute Gasteiger partial charge is 0.352 e. The van der Waals surface area contributed by atoms with Gasteiger partial charge in [0.05, 0.1) is 10.9 Å². The molecule has 3 aliphatic rings. The summed E-state index contributed by atoms with van der Waals surface area (Å²) in [4.78, 5) is 46.0. The van der Waals surface area contributed by atoms with E-state index in [4.69, 9.17) is 23.2 Å². The highest BCUT2D eigenvalue weighted by Gasteiger charge is 2.71. The van der Waals surface area contributed by atoms with E-state index in [0.29, 0.717) is 26.0 Å². The van der Waals surface area contributed by atoms with Gasteiger partial charge in [-0.05, 0) is 52.9 Å². The van der Waals surface area contributed by atoms with Crippen LogP contribution in [0.15, 0.2) is 90.3 Å². The number of rotatable bonds is 3. The van der Waals surface area contributed by atoms with Crippen LogP contribution in [0.3, 0.4) is 0 Å². The van der Waals surface area contributed by atoms with Crippen molar-refractivity contribution in [2.45, 2.75) is 18.0 Å². The second kappa shape index (κ2) is 8.50. The lowest BCUT2D eigenvalue weighted by atomic mass is 9.64. The summed E-state index contributed by atoms with van der Waals surface area (Å²) in [5.41, 5.74) is 1.59. The maximum atomic E-state index is 14.5. The quantitative estimate of drug-likeness (QED) is 0.195. The van der Waals surface area contributed by atoms with Crippen LogP contribution in [0.1, 0.15) is 47.4 Å². The zero-order chi connectivity index (χ0) is 26.2. The molecule has 7 rings (SSSR count). The molecule has 0 N–H and O–H groups in total. The Hall–Kier alpha value is -3.51. The lowest BCUT2D eigenvalue weighted by Crippen LogP contribution is -2.48. The molecule has 1 saturated heterocycles. The zero-order valence-electron chi connectivity index (χ0n) is 19.8. The van der Waals surface area contributed by atoms with Gasteiger partial charge in [-0.1, -0.05) is 77.8 Å². The molecule has 4 aromatic rings. The normalized spacial score (nSPS) is 22.5. The Labute approximate surface area is 233 Å². The van der Waals surface area contributed by atoms with Gasteiger partial charge in [-0.15, -0.1) is 11.3 Å². The van der Waals surface area contributed by atoms with Gasteiger partial charge in [-0.25, -0.2) is 0 Å². The Kier molecular flexibility index (Phi) is 5.28. The Bertz CT molecular complexity index is 1640. The summed E-state index contributed by atoms with van der Waals surface area (Å²) in [7, 11) is 0. The van der Waals surface area contributed by atoms with E-state index in [1.165, 1.54) is 11.3 Å². The number of anilines is 1. The van der Waals surface area contributed by atoms with Crippen LogP contribution in [-0.2, 0) is 0 Å². The van der Waals surface area contributed by atoms with Gasteiger partial charge < -0.3 is 4.90 Å². The predicted molar refractivity (Wildman–Crippen MR) is 151 cm³/mol. The first-order valence-corrected chi connectivity index (χ1v) is 13.8. The number of benzene rings is 3. The molecule has 0 amide bonds. The second-order valence-corrected chi connectivity index (χ2v) is 11.6. The molecule has 7 heteroatoms. The molecule has 2 aliphatic heterocycles. The molecule has 0 radical (unpaired) electrons. The highest BCUT2D eigenvalue weighted by atomic mass is 35.5. The molecule has 3 heterocycles. The summed E-state index contributed by atoms with van der Waals surface area (Å²) in [6, 6.07) is 21.8. The van der Waals surface area contributed by atoms with E-state index in [1.807, 2.05) is 52.8 Å². The number of Topliss-reactive ketones (excluding diaryl/α,β-unsaturated/α-hetero) is 3. The summed E-state index contributed by atoms with van der Waals surface area (Å²) in [5, 5.41) is 2.96. The molecule has 1 fully saturated rings. The Morgan fingerprint density at radius 2 is 1.53 bits per heavy atom. The van der Waals surface area contributed by atoms with Gasteiger partial charge in [0, 0.05) is 32.8 Å². The third-order valence-electron chi connectivity index (χ3n) is 8.03. The van der Waals surface area contributed by atoms with Crippen LogP contribution in [0.2, 0.25) is 10.0 Å². The summed E-state index contributed by atoms with van der Waals surface area (Å²) in [6.07, 6.45) is 3.80. The molecule has 3 aromatic carbocycles. The minimum Gasteiger partial charge on any atom is -0.352 e. The molecular formula is C31H19Cl2NO3S. The number of hydrogen-bond acceptors (Lipinski definition) is 5. The minimum absolute atomic E-state index is 0.130. The highest BCUT2D eigenvalue weighted by molar-refractivity contribution is 7.12. The molecule has 0 saturated carbocycles. The molecule has 3 atom stereocenters. The van der Waals surface area contributed by atoms with Crippen LogP contribution in [0.25, 0.3) is 6.08 Å². The average molecular weight is 556 g/mol. The minimum atomic E-state index is -1.52. The van der Waals surface area contributed by atoms with E-state index in [9.17, 15) is 14.4 Å². The number of thiophene rings is 1. The van der Waals surface area contributed by atoms with E-state index in [1.54, 1.807) is 48.5 Å².